The Bertz CT molecular complexity index is 486. The van der Waals surface area contributed by atoms with E-state index in [-0.39, 0.29) is 18.3 Å². The highest BCUT2D eigenvalue weighted by Crippen LogP contribution is 2.50. The number of aliphatic imine (C=N–C) groups is 1. The molecule has 1 aromatic rings. The number of halogens is 3. The Morgan fingerprint density at radius 1 is 1.12 bits per heavy atom. The fourth-order valence-corrected chi connectivity index (χ4v) is 3.10. The van der Waals surface area contributed by atoms with E-state index in [0.29, 0.717) is 12.8 Å². The fourth-order valence-electron chi connectivity index (χ4n) is 2.74. The summed E-state index contributed by atoms with van der Waals surface area (Å²) in [4.78, 5) is 4.37. The zero-order valence-electron chi connectivity index (χ0n) is 9.22. The van der Waals surface area contributed by atoms with Crippen molar-refractivity contribution in [2.75, 3.05) is 0 Å². The topological polar surface area (TPSA) is 12.4 Å². The third-order valence-electron chi connectivity index (χ3n) is 3.82. The Hall–Kier alpha value is -0.770. The molecule has 0 amide bonds. The van der Waals surface area contributed by atoms with Gasteiger partial charge in [-0.1, -0.05) is 15.9 Å². The molecule has 90 valence electrons. The van der Waals surface area contributed by atoms with Gasteiger partial charge in [0.05, 0.1) is 5.69 Å². The van der Waals surface area contributed by atoms with Crippen LogP contribution < -0.4 is 0 Å². The van der Waals surface area contributed by atoms with Crippen molar-refractivity contribution in [3.8, 4) is 0 Å². The molecule has 2 aliphatic rings. The Labute approximate surface area is 107 Å². The van der Waals surface area contributed by atoms with Crippen LogP contribution in [0.3, 0.4) is 0 Å². The van der Waals surface area contributed by atoms with E-state index in [2.05, 4.69) is 20.9 Å². The van der Waals surface area contributed by atoms with Crippen LogP contribution in [0.2, 0.25) is 0 Å². The normalized spacial score (nSPS) is 23.9. The second-order valence-corrected chi connectivity index (χ2v) is 5.85. The van der Waals surface area contributed by atoms with Crippen LogP contribution in [0.5, 0.6) is 0 Å². The number of nitrogens with zero attached hydrogens (tertiary/aromatic N) is 1. The van der Waals surface area contributed by atoms with Crippen LogP contribution in [0.15, 0.2) is 27.7 Å². The number of hydrogen-bond donors (Lipinski definition) is 0. The van der Waals surface area contributed by atoms with Crippen molar-refractivity contribution in [2.45, 2.75) is 37.0 Å². The first kappa shape index (κ1) is 11.3. The van der Waals surface area contributed by atoms with E-state index in [9.17, 15) is 8.78 Å². The van der Waals surface area contributed by atoms with Gasteiger partial charge in [-0.2, -0.15) is 0 Å². The lowest BCUT2D eigenvalue weighted by Gasteiger charge is -2.35. The maximum Gasteiger partial charge on any atom is 0.248 e. The van der Waals surface area contributed by atoms with Gasteiger partial charge in [0.2, 0.25) is 5.92 Å². The molecule has 0 bridgehead atoms. The molecule has 17 heavy (non-hydrogen) atoms. The predicted molar refractivity (Wildman–Crippen MR) is 67.4 cm³/mol. The van der Waals surface area contributed by atoms with Gasteiger partial charge in [-0.25, -0.2) is 8.78 Å². The van der Waals surface area contributed by atoms with E-state index < -0.39 is 5.92 Å². The minimum Gasteiger partial charge on any atom is -0.260 e. The number of rotatable bonds is 0. The molecule has 4 heteroatoms. The van der Waals surface area contributed by atoms with Crippen LogP contribution in [-0.2, 0) is 5.41 Å². The molecule has 1 nitrogen and oxygen atoms in total. The lowest BCUT2D eigenvalue weighted by Crippen LogP contribution is -2.36. The Balaban J connectivity index is 1.98. The molecule has 3 rings (SSSR count). The fraction of sp³-hybridized carbons (Fsp3) is 0.462. The van der Waals surface area contributed by atoms with Crippen LogP contribution in [0.25, 0.3) is 0 Å². The monoisotopic (exact) mass is 299 g/mol. The molecule has 1 aliphatic heterocycles. The molecule has 1 heterocycles. The van der Waals surface area contributed by atoms with Gasteiger partial charge in [0.15, 0.2) is 0 Å². The molecule has 0 saturated heterocycles. The van der Waals surface area contributed by atoms with Crippen molar-refractivity contribution in [3.63, 3.8) is 0 Å². The van der Waals surface area contributed by atoms with Gasteiger partial charge < -0.3 is 0 Å². The largest absolute Gasteiger partial charge is 0.260 e. The molecule has 0 aromatic heterocycles. The Morgan fingerprint density at radius 3 is 2.53 bits per heavy atom. The standard InChI is InChI=1S/C13H12BrF2N/c14-9-1-2-11-10(7-9)12(8-17-11)3-5-13(15,16)6-4-12/h1-2,7-8H,3-6H2. The van der Waals surface area contributed by atoms with Crippen molar-refractivity contribution >= 4 is 27.8 Å². The minimum atomic E-state index is -2.49. The molecule has 0 unspecified atom stereocenters. The zero-order valence-corrected chi connectivity index (χ0v) is 10.8. The molecular weight excluding hydrogens is 288 g/mol. The molecule has 1 fully saturated rings. The maximum atomic E-state index is 13.2. The van der Waals surface area contributed by atoms with Crippen molar-refractivity contribution in [3.05, 3.63) is 28.2 Å². The lowest BCUT2D eigenvalue weighted by atomic mass is 9.70. The summed E-state index contributed by atoms with van der Waals surface area (Å²) in [6.45, 7) is 0. The Morgan fingerprint density at radius 2 is 1.82 bits per heavy atom. The summed E-state index contributed by atoms with van der Waals surface area (Å²) in [5, 5.41) is 0. The number of alkyl halides is 2. The highest BCUT2D eigenvalue weighted by Gasteiger charge is 2.46. The van der Waals surface area contributed by atoms with Crippen LogP contribution in [0.1, 0.15) is 31.2 Å². The number of hydrogen-bond acceptors (Lipinski definition) is 1. The first-order valence-corrected chi connectivity index (χ1v) is 6.53. The first-order chi connectivity index (χ1) is 8.01. The SMILES string of the molecule is FC1(F)CCC2(C=Nc3ccc(Br)cc32)CC1. The molecular formula is C13H12BrF2N. The van der Waals surface area contributed by atoms with Gasteiger partial charge in [0.25, 0.3) is 0 Å². The molecule has 1 spiro atoms. The van der Waals surface area contributed by atoms with Crippen molar-refractivity contribution in [1.29, 1.82) is 0 Å². The summed E-state index contributed by atoms with van der Waals surface area (Å²) in [5.41, 5.74) is 1.78. The number of fused-ring (bicyclic) bond motifs is 2. The van der Waals surface area contributed by atoms with Crippen molar-refractivity contribution < 1.29 is 8.78 Å². The predicted octanol–water partition coefficient (Wildman–Crippen LogP) is 4.61. The van der Waals surface area contributed by atoms with E-state index in [1.807, 2.05) is 24.4 Å². The van der Waals surface area contributed by atoms with Crippen molar-refractivity contribution in [1.82, 2.24) is 0 Å². The quantitative estimate of drug-likeness (QED) is 0.663. The van der Waals surface area contributed by atoms with E-state index in [0.717, 1.165) is 15.7 Å². The van der Waals surface area contributed by atoms with Gasteiger partial charge in [-0.05, 0) is 36.6 Å². The summed E-state index contributed by atoms with van der Waals surface area (Å²) in [6.07, 6.45) is 2.79. The average molecular weight is 300 g/mol. The summed E-state index contributed by atoms with van der Waals surface area (Å²) in [6, 6.07) is 5.90. The van der Waals surface area contributed by atoms with Gasteiger partial charge in [0, 0.05) is 28.9 Å². The van der Waals surface area contributed by atoms with E-state index in [4.69, 9.17) is 0 Å². The van der Waals surface area contributed by atoms with Crippen LogP contribution in [0, 0.1) is 0 Å². The van der Waals surface area contributed by atoms with Gasteiger partial charge >= 0.3 is 0 Å². The van der Waals surface area contributed by atoms with Gasteiger partial charge in [0.1, 0.15) is 0 Å². The Kier molecular flexibility index (Phi) is 2.41. The van der Waals surface area contributed by atoms with Gasteiger partial charge in [-0.15, -0.1) is 0 Å². The highest BCUT2D eigenvalue weighted by atomic mass is 79.9. The smallest absolute Gasteiger partial charge is 0.248 e. The third kappa shape index (κ3) is 1.82. The van der Waals surface area contributed by atoms with E-state index in [1.165, 1.54) is 0 Å². The summed E-state index contributed by atoms with van der Waals surface area (Å²) in [7, 11) is 0. The number of benzene rings is 1. The van der Waals surface area contributed by atoms with Gasteiger partial charge in [-0.3, -0.25) is 4.99 Å². The molecule has 0 atom stereocenters. The molecule has 1 aromatic carbocycles. The van der Waals surface area contributed by atoms with Crippen LogP contribution in [-0.4, -0.2) is 12.1 Å². The maximum absolute atomic E-state index is 13.2. The second kappa shape index (κ2) is 3.61. The molecule has 0 N–H and O–H groups in total. The summed E-state index contributed by atoms with van der Waals surface area (Å²) < 4.78 is 27.5. The van der Waals surface area contributed by atoms with Crippen molar-refractivity contribution in [2.24, 2.45) is 4.99 Å². The lowest BCUT2D eigenvalue weighted by molar-refractivity contribution is -0.0432. The average Bonchev–Trinajstić information content (AvgIpc) is 2.63. The molecule has 0 radical (unpaired) electrons. The summed E-state index contributed by atoms with van der Waals surface area (Å²) >= 11 is 3.43. The van der Waals surface area contributed by atoms with E-state index in [1.54, 1.807) is 0 Å². The molecule has 1 saturated carbocycles. The minimum absolute atomic E-state index is 0.0367. The highest BCUT2D eigenvalue weighted by molar-refractivity contribution is 9.10. The third-order valence-corrected chi connectivity index (χ3v) is 4.31. The second-order valence-electron chi connectivity index (χ2n) is 4.93. The van der Waals surface area contributed by atoms with Crippen LogP contribution in [0.4, 0.5) is 14.5 Å². The first-order valence-electron chi connectivity index (χ1n) is 5.74. The molecule has 1 aliphatic carbocycles. The van der Waals surface area contributed by atoms with E-state index >= 15 is 0 Å². The van der Waals surface area contributed by atoms with Crippen LogP contribution >= 0.6 is 15.9 Å². The zero-order chi connectivity index (χ0) is 12.1. The summed E-state index contributed by atoms with van der Waals surface area (Å²) in [5.74, 6) is -2.49.